The van der Waals surface area contributed by atoms with Gasteiger partial charge in [-0.3, -0.25) is 0 Å². The number of fused-ring (bicyclic) bond motifs is 3. The van der Waals surface area contributed by atoms with E-state index in [1.54, 1.807) is 6.55 Å². The van der Waals surface area contributed by atoms with Crippen LogP contribution in [0.1, 0.15) is 55.5 Å². The number of hydrogen-bond donors (Lipinski definition) is 0. The third-order valence-electron chi connectivity index (χ3n) is 7.34. The topological polar surface area (TPSA) is 0 Å². The zero-order valence-corrected chi connectivity index (χ0v) is 26.1. The van der Waals surface area contributed by atoms with Crippen LogP contribution in [0.2, 0.25) is 0 Å². The number of allylic oxidation sites excluding steroid dienone is 4. The van der Waals surface area contributed by atoms with Gasteiger partial charge >= 0.3 is 220 Å². The number of rotatable bonds is 5. The van der Waals surface area contributed by atoms with E-state index < -0.39 is 21.3 Å². The summed E-state index contributed by atoms with van der Waals surface area (Å²) in [6.07, 6.45) is 10.1. The average molecular weight is 605 g/mol. The Morgan fingerprint density at radius 1 is 0.838 bits per heavy atom. The second kappa shape index (κ2) is 11.8. The van der Waals surface area contributed by atoms with E-state index in [2.05, 4.69) is 117 Å². The zero-order valence-electron chi connectivity index (χ0n) is 22.1. The molecule has 0 saturated heterocycles. The molecule has 0 aromatic heterocycles. The number of halogens is 2. The van der Waals surface area contributed by atoms with Crippen LogP contribution in [0.15, 0.2) is 94.8 Å². The average Bonchev–Trinajstić information content (AvgIpc) is 3.42. The predicted octanol–water partition coefficient (Wildman–Crippen LogP) is 2.15. The maximum absolute atomic E-state index is 4.16. The van der Waals surface area contributed by atoms with Crippen molar-refractivity contribution in [3.8, 4) is 11.1 Å². The summed E-state index contributed by atoms with van der Waals surface area (Å²) in [5.74, 6) is 0.484. The molecular weight excluding hydrogens is 571 g/mol. The van der Waals surface area contributed by atoms with E-state index in [1.165, 1.54) is 44.5 Å². The summed E-state index contributed by atoms with van der Waals surface area (Å²) in [4.78, 5) is 0. The summed E-state index contributed by atoms with van der Waals surface area (Å²) >= 11 is -2.43. The van der Waals surface area contributed by atoms with Gasteiger partial charge in [0.05, 0.1) is 0 Å². The third kappa shape index (κ3) is 5.85. The molecule has 0 spiro atoms. The molecule has 0 aliphatic heterocycles. The van der Waals surface area contributed by atoms with Gasteiger partial charge in [0.2, 0.25) is 0 Å². The van der Waals surface area contributed by atoms with Crippen molar-refractivity contribution < 1.29 is 46.1 Å². The van der Waals surface area contributed by atoms with E-state index in [9.17, 15) is 0 Å². The molecule has 3 heteroatoms. The van der Waals surface area contributed by atoms with Gasteiger partial charge < -0.3 is 24.8 Å². The van der Waals surface area contributed by atoms with Gasteiger partial charge in [-0.15, -0.1) is 0 Å². The van der Waals surface area contributed by atoms with Crippen LogP contribution >= 0.6 is 0 Å². The molecule has 1 atom stereocenters. The molecule has 2 aliphatic rings. The molecule has 2 aliphatic carbocycles. The minimum Gasteiger partial charge on any atom is -1.00 e. The standard InChI is InChI=1S/C17H13.C10H15.C7H6.2ClH.Zr/c1-3-12-5-7-14-11-15-8-6-13(4-2)10-17(15)16(14)9-12;1-8-5-6-9(7-8)10(2,3)4;1-7-5-3-2-4-6-7;;;/h3-7,9-10H,1-2,11H2;6-8H,1-4H3;1-6H;2*1H;/q;;;;;+2/p-2. The van der Waals surface area contributed by atoms with E-state index in [-0.39, 0.29) is 30.2 Å². The molecule has 0 bridgehead atoms. The molecule has 3 aromatic rings. The van der Waals surface area contributed by atoms with Crippen LogP contribution < -0.4 is 28.1 Å². The smallest absolute Gasteiger partial charge is 1.00 e. The molecule has 188 valence electrons. The monoisotopic (exact) mass is 602 g/mol. The second-order valence-corrected chi connectivity index (χ2v) is 16.3. The quantitative estimate of drug-likeness (QED) is 0.328. The molecule has 0 fully saturated rings. The fraction of sp³-hybridized carbons (Fsp3) is 0.206. The van der Waals surface area contributed by atoms with Crippen LogP contribution in [-0.2, 0) is 27.7 Å². The maximum Gasteiger partial charge on any atom is -1.00 e. The van der Waals surface area contributed by atoms with Gasteiger partial charge in [-0.05, 0) is 0 Å². The Morgan fingerprint density at radius 3 is 2.14 bits per heavy atom. The van der Waals surface area contributed by atoms with E-state index >= 15 is 0 Å². The van der Waals surface area contributed by atoms with Gasteiger partial charge in [0.15, 0.2) is 0 Å². The van der Waals surface area contributed by atoms with E-state index in [0.29, 0.717) is 5.92 Å². The van der Waals surface area contributed by atoms with Crippen molar-refractivity contribution in [3.05, 3.63) is 123 Å². The minimum atomic E-state index is -2.43. The van der Waals surface area contributed by atoms with Crippen molar-refractivity contribution in [1.82, 2.24) is 0 Å². The fourth-order valence-electron chi connectivity index (χ4n) is 5.33. The van der Waals surface area contributed by atoms with Gasteiger partial charge in [0, 0.05) is 0 Å². The first-order valence-electron chi connectivity index (χ1n) is 12.5. The van der Waals surface area contributed by atoms with Gasteiger partial charge in [-0.2, -0.15) is 0 Å². The van der Waals surface area contributed by atoms with Crippen LogP contribution in [0.5, 0.6) is 0 Å². The first-order chi connectivity index (χ1) is 16.8. The molecule has 3 aromatic carbocycles. The minimum absolute atomic E-state index is 0. The van der Waals surface area contributed by atoms with E-state index in [4.69, 9.17) is 0 Å². The van der Waals surface area contributed by atoms with Crippen LogP contribution in [0.25, 0.3) is 23.3 Å². The normalized spacial score (nSPS) is 15.5. The summed E-state index contributed by atoms with van der Waals surface area (Å²) in [5, 5.41) is 0. The molecule has 1 unspecified atom stereocenters. The Morgan fingerprint density at radius 2 is 1.51 bits per heavy atom. The van der Waals surface area contributed by atoms with Crippen molar-refractivity contribution in [2.45, 2.75) is 34.1 Å². The second-order valence-electron chi connectivity index (χ2n) is 10.8. The van der Waals surface area contributed by atoms with Crippen molar-refractivity contribution in [2.75, 3.05) is 0 Å². The van der Waals surface area contributed by atoms with E-state index in [1.807, 2.05) is 12.2 Å². The first kappa shape index (κ1) is 29.5. The van der Waals surface area contributed by atoms with E-state index in [0.717, 1.165) is 6.42 Å². The Balaban J connectivity index is 0.00000190. The summed E-state index contributed by atoms with van der Waals surface area (Å²) in [7, 11) is 0. The van der Waals surface area contributed by atoms with Crippen molar-refractivity contribution in [1.29, 1.82) is 0 Å². The van der Waals surface area contributed by atoms with Crippen molar-refractivity contribution in [2.24, 2.45) is 11.3 Å². The maximum atomic E-state index is 4.16. The van der Waals surface area contributed by atoms with Gasteiger partial charge in [0.25, 0.3) is 0 Å². The third-order valence-corrected chi connectivity index (χ3v) is 14.4. The number of benzene rings is 3. The van der Waals surface area contributed by atoms with Gasteiger partial charge in [0.1, 0.15) is 0 Å². The largest absolute Gasteiger partial charge is 1.00 e. The first-order valence-corrected chi connectivity index (χ1v) is 16.4. The summed E-state index contributed by atoms with van der Waals surface area (Å²) < 4.78 is 5.93. The Hall–Kier alpha value is -2.05. The summed E-state index contributed by atoms with van der Waals surface area (Å²) in [5.41, 5.74) is 11.1. The van der Waals surface area contributed by atoms with Crippen LogP contribution in [-0.4, -0.2) is 3.71 Å². The molecule has 37 heavy (non-hydrogen) atoms. The molecule has 0 radical (unpaired) electrons. The van der Waals surface area contributed by atoms with Gasteiger partial charge in [-0.1, -0.05) is 0 Å². The van der Waals surface area contributed by atoms with Crippen LogP contribution in [0, 0.1) is 11.3 Å². The molecule has 0 saturated carbocycles. The van der Waals surface area contributed by atoms with Crippen molar-refractivity contribution in [3.63, 3.8) is 0 Å². The fourth-order valence-corrected chi connectivity index (χ4v) is 12.5. The molecule has 5 rings (SSSR count). The zero-order chi connectivity index (χ0) is 24.7. The molecule has 0 nitrogen and oxygen atoms in total. The SMILES string of the molecule is C=Cc1ccc2c(c1)-c1cc(C=C)c[c](/[Zr+2](=[CH]\c3ccccc3)[C]3=CC(C(C)(C)C)=CC3C)c1C2.[Cl-].[Cl-]. The van der Waals surface area contributed by atoms with Gasteiger partial charge in [-0.25, -0.2) is 0 Å². The Labute approximate surface area is 242 Å². The number of hydrogen-bond acceptors (Lipinski definition) is 0. The molecule has 0 N–H and O–H groups in total. The Bertz CT molecular complexity index is 1430. The van der Waals surface area contributed by atoms with Crippen LogP contribution in [0.4, 0.5) is 0 Å². The Kier molecular flexibility index (Phi) is 9.39. The predicted molar refractivity (Wildman–Crippen MR) is 151 cm³/mol. The summed E-state index contributed by atoms with van der Waals surface area (Å²) in [6, 6.07) is 22.6. The molecule has 0 amide bonds. The van der Waals surface area contributed by atoms with Crippen molar-refractivity contribution >= 4 is 19.1 Å². The molecule has 0 heterocycles. The summed E-state index contributed by atoms with van der Waals surface area (Å²) in [6.45, 7) is 17.6. The van der Waals surface area contributed by atoms with Crippen LogP contribution in [0.3, 0.4) is 0 Å². The molecular formula is C34H34Cl2Zr.